The summed E-state index contributed by atoms with van der Waals surface area (Å²) in [6, 6.07) is 0. The van der Waals surface area contributed by atoms with Crippen molar-refractivity contribution in [3.8, 4) is 0 Å². The highest BCUT2D eigenvalue weighted by Crippen LogP contribution is 2.31. The lowest BCUT2D eigenvalue weighted by Gasteiger charge is -2.29. The van der Waals surface area contributed by atoms with Gasteiger partial charge in [-0.1, -0.05) is 32.6 Å². The minimum absolute atomic E-state index is 0.541. The maximum absolute atomic E-state index is 9.80. The Labute approximate surface area is 81.0 Å². The SMILES string of the molecule is CCC(C)(O)C(O)CC1CCCC1. The third-order valence-electron chi connectivity index (χ3n) is 3.47. The van der Waals surface area contributed by atoms with Crippen LogP contribution in [0.1, 0.15) is 52.4 Å². The van der Waals surface area contributed by atoms with Crippen LogP contribution in [0.3, 0.4) is 0 Å². The van der Waals surface area contributed by atoms with E-state index in [1.165, 1.54) is 25.7 Å². The van der Waals surface area contributed by atoms with Crippen molar-refractivity contribution in [3.05, 3.63) is 0 Å². The Balaban J connectivity index is 2.34. The summed E-state index contributed by atoms with van der Waals surface area (Å²) in [5.41, 5.74) is -0.886. The maximum Gasteiger partial charge on any atom is 0.0875 e. The third-order valence-corrected chi connectivity index (χ3v) is 3.47. The molecule has 0 aromatic heterocycles. The first-order valence-electron chi connectivity index (χ1n) is 5.46. The van der Waals surface area contributed by atoms with E-state index in [0.717, 1.165) is 6.42 Å². The van der Waals surface area contributed by atoms with E-state index in [2.05, 4.69) is 0 Å². The standard InChI is InChI=1S/C11H22O2/c1-3-11(2,13)10(12)8-9-6-4-5-7-9/h9-10,12-13H,3-8H2,1-2H3. The van der Waals surface area contributed by atoms with Gasteiger partial charge in [0.15, 0.2) is 0 Å². The van der Waals surface area contributed by atoms with E-state index in [0.29, 0.717) is 12.3 Å². The fourth-order valence-corrected chi connectivity index (χ4v) is 2.05. The number of rotatable bonds is 4. The van der Waals surface area contributed by atoms with Crippen LogP contribution in [0.5, 0.6) is 0 Å². The van der Waals surface area contributed by atoms with Gasteiger partial charge < -0.3 is 10.2 Å². The molecule has 0 amide bonds. The predicted molar refractivity (Wildman–Crippen MR) is 53.5 cm³/mol. The molecule has 0 aliphatic heterocycles. The van der Waals surface area contributed by atoms with Crippen molar-refractivity contribution >= 4 is 0 Å². The Hall–Kier alpha value is -0.0800. The van der Waals surface area contributed by atoms with E-state index in [4.69, 9.17) is 0 Å². The Kier molecular flexibility index (Phi) is 3.74. The van der Waals surface area contributed by atoms with E-state index in [1.807, 2.05) is 6.92 Å². The molecule has 2 heteroatoms. The zero-order chi connectivity index (χ0) is 9.90. The molecule has 1 rings (SSSR count). The zero-order valence-electron chi connectivity index (χ0n) is 8.79. The molecule has 0 aromatic rings. The summed E-state index contributed by atoms with van der Waals surface area (Å²) in [7, 11) is 0. The van der Waals surface area contributed by atoms with E-state index in [9.17, 15) is 10.2 Å². The first kappa shape index (κ1) is 11.0. The molecule has 1 aliphatic carbocycles. The fourth-order valence-electron chi connectivity index (χ4n) is 2.05. The Morgan fingerprint density at radius 1 is 1.38 bits per heavy atom. The fraction of sp³-hybridized carbons (Fsp3) is 1.00. The molecule has 2 atom stereocenters. The highest BCUT2D eigenvalue weighted by Gasteiger charge is 2.31. The average molecular weight is 186 g/mol. The Morgan fingerprint density at radius 3 is 2.38 bits per heavy atom. The van der Waals surface area contributed by atoms with E-state index in [-0.39, 0.29) is 0 Å². The van der Waals surface area contributed by atoms with Crippen LogP contribution in [-0.4, -0.2) is 21.9 Å². The quantitative estimate of drug-likeness (QED) is 0.705. The van der Waals surface area contributed by atoms with Gasteiger partial charge in [-0.25, -0.2) is 0 Å². The molecular weight excluding hydrogens is 164 g/mol. The van der Waals surface area contributed by atoms with Crippen LogP contribution < -0.4 is 0 Å². The zero-order valence-corrected chi connectivity index (χ0v) is 8.79. The third kappa shape index (κ3) is 2.96. The first-order valence-corrected chi connectivity index (χ1v) is 5.46. The van der Waals surface area contributed by atoms with Gasteiger partial charge in [0.25, 0.3) is 0 Å². The smallest absolute Gasteiger partial charge is 0.0875 e. The van der Waals surface area contributed by atoms with Gasteiger partial charge in [0, 0.05) is 0 Å². The van der Waals surface area contributed by atoms with Crippen molar-refractivity contribution in [1.82, 2.24) is 0 Å². The van der Waals surface area contributed by atoms with Gasteiger partial charge >= 0.3 is 0 Å². The van der Waals surface area contributed by atoms with E-state index in [1.54, 1.807) is 6.92 Å². The van der Waals surface area contributed by atoms with Crippen molar-refractivity contribution in [2.24, 2.45) is 5.92 Å². The van der Waals surface area contributed by atoms with Gasteiger partial charge in [0.05, 0.1) is 11.7 Å². The minimum Gasteiger partial charge on any atom is -0.390 e. The van der Waals surface area contributed by atoms with Crippen molar-refractivity contribution in [2.45, 2.75) is 64.1 Å². The predicted octanol–water partition coefficient (Wildman–Crippen LogP) is 2.09. The molecule has 0 aromatic carbocycles. The van der Waals surface area contributed by atoms with Crippen molar-refractivity contribution < 1.29 is 10.2 Å². The van der Waals surface area contributed by atoms with Crippen LogP contribution in [-0.2, 0) is 0 Å². The van der Waals surface area contributed by atoms with Gasteiger partial charge in [0.1, 0.15) is 0 Å². The lowest BCUT2D eigenvalue weighted by Crippen LogP contribution is -2.39. The van der Waals surface area contributed by atoms with E-state index >= 15 is 0 Å². The summed E-state index contributed by atoms with van der Waals surface area (Å²) in [5, 5.41) is 19.6. The van der Waals surface area contributed by atoms with Gasteiger partial charge in [-0.05, 0) is 25.7 Å². The molecule has 2 nitrogen and oxygen atoms in total. The topological polar surface area (TPSA) is 40.5 Å². The molecule has 2 N–H and O–H groups in total. The number of hydrogen-bond donors (Lipinski definition) is 2. The monoisotopic (exact) mass is 186 g/mol. The number of hydrogen-bond acceptors (Lipinski definition) is 2. The molecule has 0 spiro atoms. The van der Waals surface area contributed by atoms with Crippen LogP contribution in [0.15, 0.2) is 0 Å². The van der Waals surface area contributed by atoms with Crippen molar-refractivity contribution in [2.75, 3.05) is 0 Å². The maximum atomic E-state index is 9.80. The van der Waals surface area contributed by atoms with Crippen LogP contribution in [0.25, 0.3) is 0 Å². The molecule has 0 saturated heterocycles. The molecule has 0 bridgehead atoms. The lowest BCUT2D eigenvalue weighted by atomic mass is 9.88. The van der Waals surface area contributed by atoms with E-state index < -0.39 is 11.7 Å². The summed E-state index contributed by atoms with van der Waals surface area (Å²) in [4.78, 5) is 0. The second kappa shape index (κ2) is 4.43. The van der Waals surface area contributed by atoms with Gasteiger partial charge in [-0.2, -0.15) is 0 Å². The minimum atomic E-state index is -0.886. The summed E-state index contributed by atoms with van der Waals surface area (Å²) < 4.78 is 0. The van der Waals surface area contributed by atoms with Crippen LogP contribution in [0.2, 0.25) is 0 Å². The second-order valence-electron chi connectivity index (χ2n) is 4.61. The van der Waals surface area contributed by atoms with Gasteiger partial charge in [0.2, 0.25) is 0 Å². The Bertz CT molecular complexity index is 148. The molecule has 0 heterocycles. The van der Waals surface area contributed by atoms with Crippen molar-refractivity contribution in [1.29, 1.82) is 0 Å². The summed E-state index contributed by atoms with van der Waals surface area (Å²) in [5.74, 6) is 0.646. The summed E-state index contributed by atoms with van der Waals surface area (Å²) in [6.07, 6.45) is 5.92. The first-order chi connectivity index (χ1) is 6.06. The highest BCUT2D eigenvalue weighted by molar-refractivity contribution is 4.83. The molecule has 2 unspecified atom stereocenters. The molecule has 13 heavy (non-hydrogen) atoms. The molecule has 1 fully saturated rings. The largest absolute Gasteiger partial charge is 0.390 e. The van der Waals surface area contributed by atoms with Crippen molar-refractivity contribution in [3.63, 3.8) is 0 Å². The molecular formula is C11H22O2. The Morgan fingerprint density at radius 2 is 1.92 bits per heavy atom. The molecule has 1 aliphatic rings. The van der Waals surface area contributed by atoms with Gasteiger partial charge in [-0.15, -0.1) is 0 Å². The molecule has 78 valence electrons. The lowest BCUT2D eigenvalue weighted by molar-refractivity contribution is -0.0730. The molecule has 0 radical (unpaired) electrons. The second-order valence-corrected chi connectivity index (χ2v) is 4.61. The van der Waals surface area contributed by atoms with Crippen LogP contribution in [0, 0.1) is 5.92 Å². The summed E-state index contributed by atoms with van der Waals surface area (Å²) in [6.45, 7) is 3.64. The number of aliphatic hydroxyl groups is 2. The van der Waals surface area contributed by atoms with Gasteiger partial charge in [-0.3, -0.25) is 0 Å². The summed E-state index contributed by atoms with van der Waals surface area (Å²) >= 11 is 0. The average Bonchev–Trinajstić information content (AvgIpc) is 2.57. The molecule has 1 saturated carbocycles. The van der Waals surface area contributed by atoms with Crippen LogP contribution >= 0.6 is 0 Å². The normalized spacial score (nSPS) is 25.8. The number of aliphatic hydroxyl groups excluding tert-OH is 1. The highest BCUT2D eigenvalue weighted by atomic mass is 16.3. The van der Waals surface area contributed by atoms with Crippen LogP contribution in [0.4, 0.5) is 0 Å².